The lowest BCUT2D eigenvalue weighted by atomic mass is 10.1. The lowest BCUT2D eigenvalue weighted by Gasteiger charge is -2.04. The zero-order valence-corrected chi connectivity index (χ0v) is 15.6. The van der Waals surface area contributed by atoms with Crippen LogP contribution in [0.1, 0.15) is 11.1 Å². The van der Waals surface area contributed by atoms with E-state index >= 15 is 0 Å². The van der Waals surface area contributed by atoms with Crippen LogP contribution in [0.3, 0.4) is 0 Å². The standard InChI is InChI=1S/C19H19N3S2/c1-14-4-8-16(9-5-14)18-13-24-19(20-2)22(18)21-12-15-6-10-17(23-3)11-7-15/h4-13H,1-3H3. The summed E-state index contributed by atoms with van der Waals surface area (Å²) in [6, 6.07) is 16.8. The largest absolute Gasteiger partial charge is 0.261 e. The minimum absolute atomic E-state index is 0.877. The minimum atomic E-state index is 0.877. The summed E-state index contributed by atoms with van der Waals surface area (Å²) in [6.07, 6.45) is 3.95. The smallest absolute Gasteiger partial charge is 0.205 e. The molecule has 0 aliphatic heterocycles. The first-order valence-electron chi connectivity index (χ1n) is 7.60. The molecule has 0 spiro atoms. The molecule has 0 atom stereocenters. The number of rotatable bonds is 4. The van der Waals surface area contributed by atoms with E-state index in [1.807, 2.05) is 10.9 Å². The number of aromatic nitrogens is 1. The van der Waals surface area contributed by atoms with Gasteiger partial charge in [0.05, 0.1) is 11.9 Å². The van der Waals surface area contributed by atoms with E-state index in [0.29, 0.717) is 0 Å². The van der Waals surface area contributed by atoms with Gasteiger partial charge in [-0.25, -0.2) is 4.68 Å². The molecule has 1 heterocycles. The van der Waals surface area contributed by atoms with Gasteiger partial charge in [-0.1, -0.05) is 42.0 Å². The van der Waals surface area contributed by atoms with Gasteiger partial charge in [-0.05, 0) is 30.9 Å². The third kappa shape index (κ3) is 3.68. The average molecular weight is 354 g/mol. The van der Waals surface area contributed by atoms with Crippen molar-refractivity contribution in [3.8, 4) is 11.3 Å². The molecule has 3 nitrogen and oxygen atoms in total. The Hall–Kier alpha value is -2.11. The molecule has 0 amide bonds. The van der Waals surface area contributed by atoms with Gasteiger partial charge in [0.2, 0.25) is 4.80 Å². The number of aryl methyl sites for hydroxylation is 1. The van der Waals surface area contributed by atoms with Gasteiger partial charge < -0.3 is 0 Å². The molecule has 0 N–H and O–H groups in total. The maximum Gasteiger partial charge on any atom is 0.205 e. The molecule has 0 aliphatic carbocycles. The zero-order valence-electron chi connectivity index (χ0n) is 13.9. The Kier molecular flexibility index (Phi) is 5.33. The summed E-state index contributed by atoms with van der Waals surface area (Å²) < 4.78 is 1.90. The molecule has 3 rings (SSSR count). The topological polar surface area (TPSA) is 29.6 Å². The van der Waals surface area contributed by atoms with Crippen molar-refractivity contribution in [3.63, 3.8) is 0 Å². The zero-order chi connectivity index (χ0) is 16.9. The van der Waals surface area contributed by atoms with E-state index in [-0.39, 0.29) is 0 Å². The van der Waals surface area contributed by atoms with Crippen molar-refractivity contribution in [2.45, 2.75) is 11.8 Å². The fourth-order valence-corrected chi connectivity index (χ4v) is 3.51. The van der Waals surface area contributed by atoms with Crippen LogP contribution in [0, 0.1) is 6.92 Å². The van der Waals surface area contributed by atoms with Crippen LogP contribution in [-0.4, -0.2) is 24.2 Å². The van der Waals surface area contributed by atoms with E-state index in [1.54, 1.807) is 30.1 Å². The molecule has 0 unspecified atom stereocenters. The summed E-state index contributed by atoms with van der Waals surface area (Å²) in [6.45, 7) is 2.09. The molecule has 0 saturated heterocycles. The second kappa shape index (κ2) is 7.64. The molecule has 0 bridgehead atoms. The highest BCUT2D eigenvalue weighted by Gasteiger charge is 2.06. The monoisotopic (exact) mass is 353 g/mol. The lowest BCUT2D eigenvalue weighted by Crippen LogP contribution is -2.11. The Morgan fingerprint density at radius 3 is 2.38 bits per heavy atom. The number of benzene rings is 2. The normalized spacial score (nSPS) is 12.2. The van der Waals surface area contributed by atoms with E-state index in [1.165, 1.54) is 10.5 Å². The maximum atomic E-state index is 4.66. The Morgan fingerprint density at radius 1 is 1.04 bits per heavy atom. The summed E-state index contributed by atoms with van der Waals surface area (Å²) in [4.78, 5) is 6.47. The summed E-state index contributed by atoms with van der Waals surface area (Å²) in [7, 11) is 1.80. The first-order chi connectivity index (χ1) is 11.7. The van der Waals surface area contributed by atoms with Crippen molar-refractivity contribution >= 4 is 29.3 Å². The Labute approximate surface area is 150 Å². The van der Waals surface area contributed by atoms with Crippen LogP contribution < -0.4 is 4.80 Å². The summed E-state index contributed by atoms with van der Waals surface area (Å²) >= 11 is 3.33. The molecule has 24 heavy (non-hydrogen) atoms. The third-order valence-corrected chi connectivity index (χ3v) is 5.31. The van der Waals surface area contributed by atoms with Crippen LogP contribution in [-0.2, 0) is 0 Å². The van der Waals surface area contributed by atoms with Gasteiger partial charge in [-0.15, -0.1) is 23.1 Å². The predicted octanol–water partition coefficient (Wildman–Crippen LogP) is 4.66. The average Bonchev–Trinajstić information content (AvgIpc) is 3.04. The third-order valence-electron chi connectivity index (χ3n) is 3.66. The second-order valence-corrected chi connectivity index (χ2v) is 7.04. The number of thioether (sulfide) groups is 1. The summed E-state index contributed by atoms with van der Waals surface area (Å²) in [5, 5.41) is 6.76. The van der Waals surface area contributed by atoms with E-state index in [9.17, 15) is 0 Å². The number of thiazole rings is 1. The number of nitrogens with zero attached hydrogens (tertiary/aromatic N) is 3. The van der Waals surface area contributed by atoms with Gasteiger partial charge in [-0.3, -0.25) is 4.99 Å². The molecule has 0 radical (unpaired) electrons. The van der Waals surface area contributed by atoms with Crippen molar-refractivity contribution < 1.29 is 0 Å². The SMILES string of the molecule is CN=c1scc(-c2ccc(C)cc2)n1N=Cc1ccc(SC)cc1. The number of hydrogen-bond donors (Lipinski definition) is 0. The van der Waals surface area contributed by atoms with Crippen molar-refractivity contribution in [1.82, 2.24) is 4.68 Å². The van der Waals surface area contributed by atoms with E-state index in [2.05, 4.69) is 77.2 Å². The molecule has 5 heteroatoms. The Bertz CT molecular complexity index is 901. The van der Waals surface area contributed by atoms with Crippen molar-refractivity contribution in [2.75, 3.05) is 13.3 Å². The minimum Gasteiger partial charge on any atom is -0.261 e. The first kappa shape index (κ1) is 16.7. The molecule has 1 aromatic heterocycles. The lowest BCUT2D eigenvalue weighted by molar-refractivity contribution is 0.848. The Morgan fingerprint density at radius 2 is 1.75 bits per heavy atom. The quantitative estimate of drug-likeness (QED) is 0.495. The van der Waals surface area contributed by atoms with E-state index in [0.717, 1.165) is 21.6 Å². The van der Waals surface area contributed by atoms with Crippen LogP contribution in [0.5, 0.6) is 0 Å². The summed E-state index contributed by atoms with van der Waals surface area (Å²) in [5.41, 5.74) is 4.51. The Balaban J connectivity index is 1.98. The fraction of sp³-hybridized carbons (Fsp3) is 0.158. The molecule has 0 aliphatic rings. The van der Waals surface area contributed by atoms with Gasteiger partial charge in [-0.2, -0.15) is 5.10 Å². The van der Waals surface area contributed by atoms with Crippen molar-refractivity contribution in [3.05, 3.63) is 69.8 Å². The van der Waals surface area contributed by atoms with Crippen molar-refractivity contribution in [1.29, 1.82) is 0 Å². The van der Waals surface area contributed by atoms with Gasteiger partial charge in [0.1, 0.15) is 0 Å². The molecule has 2 aromatic carbocycles. The van der Waals surface area contributed by atoms with Crippen LogP contribution in [0.25, 0.3) is 11.3 Å². The maximum absolute atomic E-state index is 4.66. The van der Waals surface area contributed by atoms with Gasteiger partial charge in [0.15, 0.2) is 0 Å². The molecule has 122 valence electrons. The first-order valence-corrected chi connectivity index (χ1v) is 9.70. The van der Waals surface area contributed by atoms with Gasteiger partial charge in [0, 0.05) is 22.9 Å². The van der Waals surface area contributed by atoms with Crippen LogP contribution in [0.2, 0.25) is 0 Å². The second-order valence-electron chi connectivity index (χ2n) is 5.32. The van der Waals surface area contributed by atoms with E-state index in [4.69, 9.17) is 0 Å². The molecular formula is C19H19N3S2. The van der Waals surface area contributed by atoms with Crippen LogP contribution in [0.15, 0.2) is 68.9 Å². The molecular weight excluding hydrogens is 334 g/mol. The van der Waals surface area contributed by atoms with Gasteiger partial charge in [0.25, 0.3) is 0 Å². The fourth-order valence-electron chi connectivity index (χ4n) is 2.30. The highest BCUT2D eigenvalue weighted by molar-refractivity contribution is 7.98. The van der Waals surface area contributed by atoms with Gasteiger partial charge >= 0.3 is 0 Å². The summed E-state index contributed by atoms with van der Waals surface area (Å²) in [5.74, 6) is 0. The molecule has 0 fully saturated rings. The van der Waals surface area contributed by atoms with Crippen LogP contribution >= 0.6 is 23.1 Å². The predicted molar refractivity (Wildman–Crippen MR) is 105 cm³/mol. The molecule has 3 aromatic rings. The van der Waals surface area contributed by atoms with E-state index < -0.39 is 0 Å². The number of hydrogen-bond acceptors (Lipinski definition) is 4. The van der Waals surface area contributed by atoms with Crippen molar-refractivity contribution in [2.24, 2.45) is 10.1 Å². The van der Waals surface area contributed by atoms with Crippen LogP contribution in [0.4, 0.5) is 0 Å². The highest BCUT2D eigenvalue weighted by atomic mass is 32.2. The highest BCUT2D eigenvalue weighted by Crippen LogP contribution is 2.20. The molecule has 0 saturated carbocycles.